The maximum Gasteiger partial charge on any atom is 0.324 e. The molecule has 0 aliphatic heterocycles. The topological polar surface area (TPSA) is 102 Å². The number of nitrogens with one attached hydrogen (secondary N) is 2. The highest BCUT2D eigenvalue weighted by molar-refractivity contribution is 7.89. The highest BCUT2D eigenvalue weighted by Gasteiger charge is 2.24. The van der Waals surface area contributed by atoms with Gasteiger partial charge < -0.3 is 10.1 Å². The zero-order chi connectivity index (χ0) is 20.9. The number of ether oxygens (including phenoxy) is 1. The number of halogens is 3. The normalized spacial score (nSPS) is 12.3. The van der Waals surface area contributed by atoms with Crippen LogP contribution in [0.2, 0.25) is 10.0 Å². The zero-order valence-corrected chi connectivity index (χ0v) is 16.7. The number of carbonyl (C=O) groups excluding carboxylic acids is 2. The van der Waals surface area contributed by atoms with Crippen LogP contribution >= 0.6 is 23.2 Å². The highest BCUT2D eigenvalue weighted by Crippen LogP contribution is 2.24. The minimum absolute atomic E-state index is 0.0320. The largest absolute Gasteiger partial charge is 0.454 e. The molecule has 0 saturated heterocycles. The first-order valence-electron chi connectivity index (χ1n) is 7.78. The lowest BCUT2D eigenvalue weighted by Gasteiger charge is -2.14. The second-order valence-corrected chi connectivity index (χ2v) is 8.08. The van der Waals surface area contributed by atoms with Crippen LogP contribution in [0.1, 0.15) is 6.92 Å². The quantitative estimate of drug-likeness (QED) is 0.633. The summed E-state index contributed by atoms with van der Waals surface area (Å²) >= 11 is 11.5. The first-order chi connectivity index (χ1) is 13.1. The molecule has 0 aromatic heterocycles. The number of rotatable bonds is 7. The summed E-state index contributed by atoms with van der Waals surface area (Å²) in [4.78, 5) is 23.5. The average Bonchev–Trinajstić information content (AvgIpc) is 2.63. The van der Waals surface area contributed by atoms with Crippen molar-refractivity contribution < 1.29 is 27.1 Å². The summed E-state index contributed by atoms with van der Waals surface area (Å²) in [5.74, 6) is -2.42. The van der Waals surface area contributed by atoms with E-state index in [0.29, 0.717) is 0 Å². The Morgan fingerprint density at radius 3 is 2.46 bits per heavy atom. The van der Waals surface area contributed by atoms with Gasteiger partial charge in [-0.3, -0.25) is 9.59 Å². The SMILES string of the molecule is C[C@@H](NS(=O)(=O)c1ccc(Cl)c(Cl)c1)C(=O)OCC(=O)Nc1ccccc1F. The number of hydrogen-bond acceptors (Lipinski definition) is 5. The third kappa shape index (κ3) is 5.90. The van der Waals surface area contributed by atoms with Crippen molar-refractivity contribution >= 4 is 50.8 Å². The Morgan fingerprint density at radius 1 is 1.14 bits per heavy atom. The molecule has 0 radical (unpaired) electrons. The van der Waals surface area contributed by atoms with Crippen molar-refractivity contribution in [2.45, 2.75) is 17.9 Å². The molecule has 7 nitrogen and oxygen atoms in total. The summed E-state index contributed by atoms with van der Waals surface area (Å²) in [5, 5.41) is 2.44. The van der Waals surface area contributed by atoms with Gasteiger partial charge in [-0.1, -0.05) is 35.3 Å². The van der Waals surface area contributed by atoms with Crippen molar-refractivity contribution in [1.29, 1.82) is 0 Å². The molecular weight excluding hydrogens is 434 g/mol. The van der Waals surface area contributed by atoms with E-state index < -0.39 is 40.4 Å². The maximum atomic E-state index is 13.5. The molecule has 0 fully saturated rings. The van der Waals surface area contributed by atoms with Gasteiger partial charge in [-0.15, -0.1) is 0 Å². The number of anilines is 1. The minimum Gasteiger partial charge on any atom is -0.454 e. The predicted octanol–water partition coefficient (Wildman–Crippen LogP) is 2.98. The van der Waals surface area contributed by atoms with E-state index in [1.165, 1.54) is 37.3 Å². The van der Waals surface area contributed by atoms with Gasteiger partial charge in [-0.25, -0.2) is 12.8 Å². The number of esters is 1. The number of carbonyl (C=O) groups is 2. The van der Waals surface area contributed by atoms with Gasteiger partial charge in [-0.2, -0.15) is 4.72 Å². The van der Waals surface area contributed by atoms with Gasteiger partial charge in [0.05, 0.1) is 20.6 Å². The van der Waals surface area contributed by atoms with E-state index in [-0.39, 0.29) is 20.6 Å². The molecule has 2 rings (SSSR count). The Balaban J connectivity index is 1.92. The molecule has 0 saturated carbocycles. The maximum absolute atomic E-state index is 13.5. The zero-order valence-electron chi connectivity index (χ0n) is 14.4. The Bertz CT molecular complexity index is 1000. The van der Waals surface area contributed by atoms with E-state index >= 15 is 0 Å². The Kier molecular flexibility index (Phi) is 7.36. The first kappa shape index (κ1) is 22.1. The molecule has 2 N–H and O–H groups in total. The molecule has 0 unspecified atom stereocenters. The number of para-hydroxylation sites is 1. The summed E-state index contributed by atoms with van der Waals surface area (Å²) in [5.41, 5.74) is -0.0723. The molecule has 1 atom stereocenters. The molecule has 0 heterocycles. The van der Waals surface area contributed by atoms with Crippen molar-refractivity contribution in [2.24, 2.45) is 0 Å². The van der Waals surface area contributed by atoms with Crippen molar-refractivity contribution in [1.82, 2.24) is 4.72 Å². The summed E-state index contributed by atoms with van der Waals surface area (Å²) in [6.07, 6.45) is 0. The molecule has 2 aromatic rings. The first-order valence-corrected chi connectivity index (χ1v) is 10.0. The van der Waals surface area contributed by atoms with Crippen LogP contribution in [0, 0.1) is 5.82 Å². The van der Waals surface area contributed by atoms with Crippen LogP contribution in [-0.4, -0.2) is 32.9 Å². The van der Waals surface area contributed by atoms with Crippen molar-refractivity contribution in [3.8, 4) is 0 Å². The van der Waals surface area contributed by atoms with Gasteiger partial charge >= 0.3 is 5.97 Å². The second-order valence-electron chi connectivity index (χ2n) is 5.55. The van der Waals surface area contributed by atoms with Gasteiger partial charge in [0.2, 0.25) is 10.0 Å². The van der Waals surface area contributed by atoms with E-state index in [1.54, 1.807) is 0 Å². The Morgan fingerprint density at radius 2 is 1.82 bits per heavy atom. The molecule has 0 aliphatic rings. The molecule has 28 heavy (non-hydrogen) atoms. The highest BCUT2D eigenvalue weighted by atomic mass is 35.5. The number of benzene rings is 2. The third-order valence-electron chi connectivity index (χ3n) is 3.38. The number of sulfonamides is 1. The van der Waals surface area contributed by atoms with E-state index in [0.717, 1.165) is 12.1 Å². The average molecular weight is 449 g/mol. The van der Waals surface area contributed by atoms with Gasteiger partial charge in [0.25, 0.3) is 5.91 Å². The molecule has 11 heteroatoms. The van der Waals surface area contributed by atoms with Crippen LogP contribution in [0.15, 0.2) is 47.4 Å². The van der Waals surface area contributed by atoms with E-state index in [4.69, 9.17) is 27.9 Å². The lowest BCUT2D eigenvalue weighted by Crippen LogP contribution is -2.40. The standard InChI is InChI=1S/C17H15Cl2FN2O5S/c1-10(22-28(25,26)11-6-7-12(18)13(19)8-11)17(24)27-9-16(23)21-15-5-3-2-4-14(15)20/h2-8,10,22H,9H2,1H3,(H,21,23)/t10-/m1/s1. The van der Waals surface area contributed by atoms with Gasteiger partial charge in [0, 0.05) is 0 Å². The summed E-state index contributed by atoms with van der Waals surface area (Å²) in [6, 6.07) is 7.82. The smallest absolute Gasteiger partial charge is 0.324 e. The van der Waals surface area contributed by atoms with Crippen LogP contribution in [-0.2, 0) is 24.3 Å². The second kappa shape index (κ2) is 9.33. The minimum atomic E-state index is -4.08. The van der Waals surface area contributed by atoms with Crippen LogP contribution in [0.5, 0.6) is 0 Å². The summed E-state index contributed by atoms with van der Waals surface area (Å²) in [7, 11) is -4.08. The number of amides is 1. The molecule has 0 spiro atoms. The van der Waals surface area contributed by atoms with Crippen LogP contribution in [0.4, 0.5) is 10.1 Å². The van der Waals surface area contributed by atoms with Crippen molar-refractivity contribution in [3.63, 3.8) is 0 Å². The van der Waals surface area contributed by atoms with E-state index in [1.807, 2.05) is 0 Å². The molecule has 0 aliphatic carbocycles. The Hall–Kier alpha value is -2.20. The fourth-order valence-corrected chi connectivity index (χ4v) is 3.58. The lowest BCUT2D eigenvalue weighted by atomic mass is 10.3. The fraction of sp³-hybridized carbons (Fsp3) is 0.176. The monoisotopic (exact) mass is 448 g/mol. The molecule has 150 valence electrons. The fourth-order valence-electron chi connectivity index (χ4n) is 2.00. The van der Waals surface area contributed by atoms with Crippen molar-refractivity contribution in [3.05, 3.63) is 58.3 Å². The van der Waals surface area contributed by atoms with Gasteiger partial charge in [0.15, 0.2) is 6.61 Å². The summed E-state index contributed by atoms with van der Waals surface area (Å²) < 4.78 is 44.9. The molecule has 1 amide bonds. The van der Waals surface area contributed by atoms with Crippen molar-refractivity contribution in [2.75, 3.05) is 11.9 Å². The molecule has 2 aromatic carbocycles. The third-order valence-corrected chi connectivity index (χ3v) is 5.66. The summed E-state index contributed by atoms with van der Waals surface area (Å²) in [6.45, 7) is 0.526. The van der Waals surface area contributed by atoms with E-state index in [9.17, 15) is 22.4 Å². The van der Waals surface area contributed by atoms with Crippen LogP contribution < -0.4 is 10.0 Å². The predicted molar refractivity (Wildman–Crippen MR) is 102 cm³/mol. The molecular formula is C17H15Cl2FN2O5S. The van der Waals surface area contributed by atoms with Gasteiger partial charge in [0.1, 0.15) is 11.9 Å². The van der Waals surface area contributed by atoms with Crippen LogP contribution in [0.3, 0.4) is 0 Å². The van der Waals surface area contributed by atoms with Gasteiger partial charge in [-0.05, 0) is 37.3 Å². The lowest BCUT2D eigenvalue weighted by molar-refractivity contribution is -0.148. The Labute approximate surface area is 170 Å². The van der Waals surface area contributed by atoms with E-state index in [2.05, 4.69) is 10.0 Å². The number of hydrogen-bond donors (Lipinski definition) is 2. The van der Waals surface area contributed by atoms with Crippen LogP contribution in [0.25, 0.3) is 0 Å². The molecule has 0 bridgehead atoms.